The van der Waals surface area contributed by atoms with Crippen LogP contribution >= 0.6 is 0 Å². The monoisotopic (exact) mass is 191 g/mol. The van der Waals surface area contributed by atoms with Crippen LogP contribution in [0.25, 0.3) is 11.0 Å². The fourth-order valence-electron chi connectivity index (χ4n) is 1.53. The molecule has 0 radical (unpaired) electrons. The molecule has 0 saturated carbocycles. The molecule has 0 aromatic carbocycles. The van der Waals surface area contributed by atoms with Gasteiger partial charge >= 0.3 is 0 Å². The molecule has 14 heavy (non-hydrogen) atoms. The number of aromatic nitrogens is 4. The van der Waals surface area contributed by atoms with Gasteiger partial charge < -0.3 is 5.73 Å². The lowest BCUT2D eigenvalue weighted by molar-refractivity contribution is 0.831. The quantitative estimate of drug-likeness (QED) is 0.713. The zero-order valence-corrected chi connectivity index (χ0v) is 8.50. The average Bonchev–Trinajstić information content (AvgIpc) is 2.46. The molecule has 0 atom stereocenters. The third-order valence-electron chi connectivity index (χ3n) is 2.19. The predicted molar refractivity (Wildman–Crippen MR) is 54.9 cm³/mol. The van der Waals surface area contributed by atoms with Crippen molar-refractivity contribution in [1.82, 2.24) is 20.2 Å². The van der Waals surface area contributed by atoms with Crippen molar-refractivity contribution in [2.45, 2.75) is 26.7 Å². The van der Waals surface area contributed by atoms with E-state index in [0.29, 0.717) is 11.6 Å². The van der Waals surface area contributed by atoms with Crippen LogP contribution in [-0.2, 0) is 0 Å². The SMILES string of the molecule is Cc1[nH]nc2nc(N)nc(C(C)C)c12. The van der Waals surface area contributed by atoms with Gasteiger partial charge in [0.05, 0.1) is 11.1 Å². The van der Waals surface area contributed by atoms with Gasteiger partial charge in [0, 0.05) is 5.69 Å². The van der Waals surface area contributed by atoms with E-state index in [0.717, 1.165) is 16.8 Å². The van der Waals surface area contributed by atoms with Gasteiger partial charge in [-0.1, -0.05) is 13.8 Å². The summed E-state index contributed by atoms with van der Waals surface area (Å²) in [5, 5.41) is 7.95. The summed E-state index contributed by atoms with van der Waals surface area (Å²) < 4.78 is 0. The third-order valence-corrected chi connectivity index (χ3v) is 2.19. The number of H-pyrrole nitrogens is 1. The fourth-order valence-corrected chi connectivity index (χ4v) is 1.53. The van der Waals surface area contributed by atoms with Gasteiger partial charge in [0.1, 0.15) is 0 Å². The van der Waals surface area contributed by atoms with Crippen LogP contribution in [0.1, 0.15) is 31.2 Å². The van der Waals surface area contributed by atoms with Crippen molar-refractivity contribution in [3.8, 4) is 0 Å². The number of aryl methyl sites for hydroxylation is 1. The molecule has 5 heteroatoms. The molecule has 0 amide bonds. The molecule has 74 valence electrons. The highest BCUT2D eigenvalue weighted by Crippen LogP contribution is 2.24. The molecule has 0 bridgehead atoms. The first-order valence-electron chi connectivity index (χ1n) is 4.57. The van der Waals surface area contributed by atoms with Crippen molar-refractivity contribution in [2.24, 2.45) is 0 Å². The predicted octanol–water partition coefficient (Wildman–Crippen LogP) is 1.37. The van der Waals surface area contributed by atoms with Crippen LogP contribution in [0.15, 0.2) is 0 Å². The zero-order valence-electron chi connectivity index (χ0n) is 8.50. The molecule has 0 fully saturated rings. The Morgan fingerprint density at radius 2 is 2.00 bits per heavy atom. The average molecular weight is 191 g/mol. The molecule has 0 aliphatic heterocycles. The lowest BCUT2D eigenvalue weighted by Gasteiger charge is -2.06. The summed E-state index contributed by atoms with van der Waals surface area (Å²) in [6.07, 6.45) is 0. The van der Waals surface area contributed by atoms with Crippen molar-refractivity contribution in [3.63, 3.8) is 0 Å². The second-order valence-electron chi connectivity index (χ2n) is 3.67. The fraction of sp³-hybridized carbons (Fsp3) is 0.444. The highest BCUT2D eigenvalue weighted by Gasteiger charge is 2.13. The van der Waals surface area contributed by atoms with Crippen LogP contribution in [0.5, 0.6) is 0 Å². The van der Waals surface area contributed by atoms with E-state index in [1.807, 2.05) is 6.92 Å². The molecular weight excluding hydrogens is 178 g/mol. The van der Waals surface area contributed by atoms with E-state index < -0.39 is 0 Å². The molecule has 0 unspecified atom stereocenters. The first-order chi connectivity index (χ1) is 6.59. The first kappa shape index (κ1) is 8.93. The molecule has 0 spiro atoms. The van der Waals surface area contributed by atoms with Gasteiger partial charge in [-0.2, -0.15) is 10.1 Å². The third kappa shape index (κ3) is 1.21. The maximum atomic E-state index is 5.60. The Morgan fingerprint density at radius 3 is 2.64 bits per heavy atom. The smallest absolute Gasteiger partial charge is 0.222 e. The topological polar surface area (TPSA) is 80.5 Å². The van der Waals surface area contributed by atoms with E-state index in [1.165, 1.54) is 0 Å². The van der Waals surface area contributed by atoms with Crippen LogP contribution in [-0.4, -0.2) is 20.2 Å². The number of nitrogens with one attached hydrogen (secondary N) is 1. The van der Waals surface area contributed by atoms with E-state index in [4.69, 9.17) is 5.73 Å². The van der Waals surface area contributed by atoms with Crippen LogP contribution < -0.4 is 5.73 Å². The Hall–Kier alpha value is -1.65. The van der Waals surface area contributed by atoms with E-state index in [1.54, 1.807) is 0 Å². The highest BCUT2D eigenvalue weighted by atomic mass is 15.2. The van der Waals surface area contributed by atoms with Gasteiger partial charge in [-0.25, -0.2) is 4.98 Å². The molecule has 2 rings (SSSR count). The summed E-state index contributed by atoms with van der Waals surface area (Å²) in [4.78, 5) is 8.30. The number of nitrogens with zero attached hydrogens (tertiary/aromatic N) is 3. The number of nitrogen functional groups attached to an aromatic ring is 1. The standard InChI is InChI=1S/C9H13N5/c1-4(2)7-6-5(3)13-14-8(6)12-9(10)11-7/h4H,1-3H3,(H3,10,11,12,13,14). The van der Waals surface area contributed by atoms with Gasteiger partial charge in [-0.3, -0.25) is 5.10 Å². The number of fused-ring (bicyclic) bond motifs is 1. The summed E-state index contributed by atoms with van der Waals surface area (Å²) >= 11 is 0. The molecule has 0 aliphatic carbocycles. The molecule has 0 aliphatic rings. The summed E-state index contributed by atoms with van der Waals surface area (Å²) in [6.45, 7) is 6.11. The number of aromatic amines is 1. The van der Waals surface area contributed by atoms with Crippen LogP contribution in [0.2, 0.25) is 0 Å². The Labute approximate surface area is 81.7 Å². The van der Waals surface area contributed by atoms with E-state index >= 15 is 0 Å². The maximum absolute atomic E-state index is 5.60. The van der Waals surface area contributed by atoms with Crippen LogP contribution in [0.3, 0.4) is 0 Å². The lowest BCUT2D eigenvalue weighted by atomic mass is 10.1. The molecule has 2 aromatic rings. The number of hydrogen-bond acceptors (Lipinski definition) is 4. The largest absolute Gasteiger partial charge is 0.368 e. The van der Waals surface area contributed by atoms with Crippen molar-refractivity contribution in [2.75, 3.05) is 5.73 Å². The van der Waals surface area contributed by atoms with Gasteiger partial charge in [0.25, 0.3) is 0 Å². The summed E-state index contributed by atoms with van der Waals surface area (Å²) in [5.74, 6) is 0.604. The molecule has 0 saturated heterocycles. The van der Waals surface area contributed by atoms with Crippen molar-refractivity contribution < 1.29 is 0 Å². The lowest BCUT2D eigenvalue weighted by Crippen LogP contribution is -2.01. The van der Waals surface area contributed by atoms with Gasteiger partial charge in [-0.05, 0) is 12.8 Å². The minimum absolute atomic E-state index is 0.285. The first-order valence-corrected chi connectivity index (χ1v) is 4.57. The highest BCUT2D eigenvalue weighted by molar-refractivity contribution is 5.81. The number of hydrogen-bond donors (Lipinski definition) is 2. The molecule has 5 nitrogen and oxygen atoms in total. The summed E-state index contributed by atoms with van der Waals surface area (Å²) in [6, 6.07) is 0. The molecular formula is C9H13N5. The van der Waals surface area contributed by atoms with Gasteiger partial charge in [-0.15, -0.1) is 0 Å². The maximum Gasteiger partial charge on any atom is 0.222 e. The van der Waals surface area contributed by atoms with E-state index in [-0.39, 0.29) is 5.95 Å². The number of anilines is 1. The van der Waals surface area contributed by atoms with Gasteiger partial charge in [0.2, 0.25) is 5.95 Å². The molecule has 2 aromatic heterocycles. The number of nitrogens with two attached hydrogens (primary N) is 1. The zero-order chi connectivity index (χ0) is 10.3. The second kappa shape index (κ2) is 2.94. The number of rotatable bonds is 1. The van der Waals surface area contributed by atoms with Crippen molar-refractivity contribution in [1.29, 1.82) is 0 Å². The minimum atomic E-state index is 0.285. The normalized spacial score (nSPS) is 11.4. The van der Waals surface area contributed by atoms with Crippen molar-refractivity contribution >= 4 is 17.0 Å². The summed E-state index contributed by atoms with van der Waals surface area (Å²) in [5.41, 5.74) is 8.19. The minimum Gasteiger partial charge on any atom is -0.368 e. The molecule has 2 heterocycles. The summed E-state index contributed by atoms with van der Waals surface area (Å²) in [7, 11) is 0. The van der Waals surface area contributed by atoms with Crippen LogP contribution in [0.4, 0.5) is 5.95 Å². The second-order valence-corrected chi connectivity index (χ2v) is 3.67. The van der Waals surface area contributed by atoms with Crippen LogP contribution in [0, 0.1) is 6.92 Å². The van der Waals surface area contributed by atoms with Crippen molar-refractivity contribution in [3.05, 3.63) is 11.4 Å². The van der Waals surface area contributed by atoms with Gasteiger partial charge in [0.15, 0.2) is 5.65 Å². The molecule has 3 N–H and O–H groups in total. The Morgan fingerprint density at radius 1 is 1.29 bits per heavy atom. The Balaban J connectivity index is 2.83. The van der Waals surface area contributed by atoms with E-state index in [9.17, 15) is 0 Å². The Bertz CT molecular complexity index is 471. The van der Waals surface area contributed by atoms with E-state index in [2.05, 4.69) is 34.0 Å². The Kier molecular flexibility index (Phi) is 1.87.